The second kappa shape index (κ2) is 7.09. The fraction of sp³-hybridized carbons (Fsp3) is 0.150. The van der Waals surface area contributed by atoms with Gasteiger partial charge in [-0.15, -0.1) is 0 Å². The molecule has 0 radical (unpaired) electrons. The average molecular weight is 362 g/mol. The number of anilines is 1. The van der Waals surface area contributed by atoms with Gasteiger partial charge in [-0.2, -0.15) is 5.10 Å². The first-order valence-corrected chi connectivity index (χ1v) is 9.32. The molecule has 6 heteroatoms. The Morgan fingerprint density at radius 1 is 1.12 bits per heavy atom. The third-order valence-electron chi connectivity index (χ3n) is 4.22. The molecular weight excluding hydrogens is 344 g/mol. The van der Waals surface area contributed by atoms with Gasteiger partial charge in [0.25, 0.3) is 5.91 Å². The molecule has 0 saturated carbocycles. The van der Waals surface area contributed by atoms with Gasteiger partial charge in [-0.3, -0.25) is 14.8 Å². The SMILES string of the molecule is CCc1c(C(=O)Nc2nc3ccccc3s2)cnn1Cc1ccccc1. The van der Waals surface area contributed by atoms with E-state index >= 15 is 0 Å². The molecule has 2 heterocycles. The van der Waals surface area contributed by atoms with E-state index < -0.39 is 0 Å². The highest BCUT2D eigenvalue weighted by Gasteiger charge is 2.18. The molecule has 26 heavy (non-hydrogen) atoms. The van der Waals surface area contributed by atoms with Gasteiger partial charge < -0.3 is 0 Å². The van der Waals surface area contributed by atoms with Gasteiger partial charge in [-0.1, -0.05) is 60.7 Å². The summed E-state index contributed by atoms with van der Waals surface area (Å²) >= 11 is 1.47. The van der Waals surface area contributed by atoms with Crippen LogP contribution in [0.15, 0.2) is 60.8 Å². The normalized spacial score (nSPS) is 11.0. The van der Waals surface area contributed by atoms with E-state index in [1.165, 1.54) is 11.3 Å². The number of para-hydroxylation sites is 1. The van der Waals surface area contributed by atoms with Gasteiger partial charge in [0.2, 0.25) is 0 Å². The summed E-state index contributed by atoms with van der Waals surface area (Å²) in [4.78, 5) is 17.2. The van der Waals surface area contributed by atoms with Gasteiger partial charge >= 0.3 is 0 Å². The topological polar surface area (TPSA) is 59.8 Å². The Balaban J connectivity index is 1.57. The Labute approximate surface area is 155 Å². The van der Waals surface area contributed by atoms with E-state index in [1.807, 2.05) is 54.1 Å². The third-order valence-corrected chi connectivity index (χ3v) is 5.17. The number of nitrogens with zero attached hydrogens (tertiary/aromatic N) is 3. The number of hydrogen-bond acceptors (Lipinski definition) is 4. The molecule has 0 aliphatic carbocycles. The lowest BCUT2D eigenvalue weighted by Gasteiger charge is -2.08. The minimum absolute atomic E-state index is 0.166. The van der Waals surface area contributed by atoms with Crippen molar-refractivity contribution < 1.29 is 4.79 Å². The molecule has 1 N–H and O–H groups in total. The van der Waals surface area contributed by atoms with Crippen LogP contribution in [0.2, 0.25) is 0 Å². The molecule has 4 aromatic rings. The number of carbonyl (C=O) groups is 1. The molecule has 0 bridgehead atoms. The van der Waals surface area contributed by atoms with Crippen LogP contribution in [0.1, 0.15) is 28.5 Å². The van der Waals surface area contributed by atoms with Crippen molar-refractivity contribution in [2.45, 2.75) is 19.9 Å². The maximum absolute atomic E-state index is 12.7. The number of amides is 1. The molecule has 0 atom stereocenters. The van der Waals surface area contributed by atoms with Crippen molar-refractivity contribution in [3.63, 3.8) is 0 Å². The van der Waals surface area contributed by atoms with Gasteiger partial charge in [-0.25, -0.2) is 4.98 Å². The first-order valence-electron chi connectivity index (χ1n) is 8.50. The van der Waals surface area contributed by atoms with Crippen molar-refractivity contribution in [3.8, 4) is 0 Å². The third kappa shape index (κ3) is 3.23. The standard InChI is InChI=1S/C20H18N4OS/c1-2-17-15(12-21-24(17)13-14-8-4-3-5-9-14)19(25)23-20-22-16-10-6-7-11-18(16)26-20/h3-12H,2,13H2,1H3,(H,22,23,25). The van der Waals surface area contributed by atoms with Crippen molar-refractivity contribution in [2.24, 2.45) is 0 Å². The van der Waals surface area contributed by atoms with E-state index in [-0.39, 0.29) is 5.91 Å². The average Bonchev–Trinajstić information content (AvgIpc) is 3.25. The molecule has 1 amide bonds. The summed E-state index contributed by atoms with van der Waals surface area (Å²) < 4.78 is 2.95. The fourth-order valence-electron chi connectivity index (χ4n) is 2.96. The summed E-state index contributed by atoms with van der Waals surface area (Å²) in [5.41, 5.74) is 3.57. The van der Waals surface area contributed by atoms with Crippen LogP contribution in [-0.4, -0.2) is 20.7 Å². The number of carbonyl (C=O) groups excluding carboxylic acids is 1. The molecule has 0 saturated heterocycles. The summed E-state index contributed by atoms with van der Waals surface area (Å²) in [6.07, 6.45) is 2.37. The molecule has 0 spiro atoms. The Morgan fingerprint density at radius 2 is 1.88 bits per heavy atom. The van der Waals surface area contributed by atoms with Crippen molar-refractivity contribution >= 4 is 32.6 Å². The second-order valence-corrected chi connectivity index (χ2v) is 6.97. The Bertz CT molecular complexity index is 1020. The van der Waals surface area contributed by atoms with Gasteiger partial charge in [0.15, 0.2) is 5.13 Å². The molecule has 0 unspecified atom stereocenters. The Kier molecular flexibility index (Phi) is 4.50. The first-order chi connectivity index (χ1) is 12.7. The minimum Gasteiger partial charge on any atom is -0.298 e. The van der Waals surface area contributed by atoms with Crippen LogP contribution < -0.4 is 5.32 Å². The Morgan fingerprint density at radius 3 is 2.65 bits per heavy atom. The number of benzene rings is 2. The van der Waals surface area contributed by atoms with Crippen LogP contribution in [-0.2, 0) is 13.0 Å². The van der Waals surface area contributed by atoms with Crippen LogP contribution in [0, 0.1) is 0 Å². The van der Waals surface area contributed by atoms with Gasteiger partial charge in [0.1, 0.15) is 0 Å². The molecule has 2 aromatic heterocycles. The van der Waals surface area contributed by atoms with Crippen molar-refractivity contribution in [1.82, 2.24) is 14.8 Å². The summed E-state index contributed by atoms with van der Waals surface area (Å²) in [6.45, 7) is 2.69. The zero-order valence-electron chi connectivity index (χ0n) is 14.3. The number of nitrogens with one attached hydrogen (secondary N) is 1. The second-order valence-electron chi connectivity index (χ2n) is 5.94. The highest BCUT2D eigenvalue weighted by Crippen LogP contribution is 2.26. The smallest absolute Gasteiger partial charge is 0.260 e. The van der Waals surface area contributed by atoms with E-state index in [4.69, 9.17) is 0 Å². The molecule has 0 aliphatic heterocycles. The number of rotatable bonds is 5. The summed E-state index contributed by atoms with van der Waals surface area (Å²) in [6, 6.07) is 18.0. The lowest BCUT2D eigenvalue weighted by Crippen LogP contribution is -2.14. The molecule has 0 fully saturated rings. The van der Waals surface area contributed by atoms with Crippen LogP contribution in [0.5, 0.6) is 0 Å². The largest absolute Gasteiger partial charge is 0.298 e. The minimum atomic E-state index is -0.166. The Hall–Kier alpha value is -2.99. The zero-order valence-corrected chi connectivity index (χ0v) is 15.2. The van der Waals surface area contributed by atoms with Crippen molar-refractivity contribution in [2.75, 3.05) is 5.32 Å². The maximum Gasteiger partial charge on any atom is 0.260 e. The van der Waals surface area contributed by atoms with Crippen LogP contribution in [0.4, 0.5) is 5.13 Å². The van der Waals surface area contributed by atoms with E-state index in [2.05, 4.69) is 27.5 Å². The lowest BCUT2D eigenvalue weighted by atomic mass is 10.2. The summed E-state index contributed by atoms with van der Waals surface area (Å²) in [7, 11) is 0. The van der Waals surface area contributed by atoms with E-state index in [0.29, 0.717) is 17.2 Å². The van der Waals surface area contributed by atoms with Gasteiger partial charge in [0, 0.05) is 0 Å². The van der Waals surface area contributed by atoms with Crippen LogP contribution in [0.25, 0.3) is 10.2 Å². The highest BCUT2D eigenvalue weighted by molar-refractivity contribution is 7.22. The number of hydrogen-bond donors (Lipinski definition) is 1. The quantitative estimate of drug-likeness (QED) is 0.574. The fourth-order valence-corrected chi connectivity index (χ4v) is 3.82. The maximum atomic E-state index is 12.7. The number of aromatic nitrogens is 3. The molecular formula is C20H18N4OS. The summed E-state index contributed by atoms with van der Waals surface area (Å²) in [5.74, 6) is -0.166. The molecule has 130 valence electrons. The zero-order chi connectivity index (χ0) is 17.9. The molecule has 0 aliphatic rings. The van der Waals surface area contributed by atoms with Crippen LogP contribution in [0.3, 0.4) is 0 Å². The van der Waals surface area contributed by atoms with Crippen molar-refractivity contribution in [1.29, 1.82) is 0 Å². The summed E-state index contributed by atoms with van der Waals surface area (Å²) in [5, 5.41) is 7.95. The van der Waals surface area contributed by atoms with Gasteiger partial charge in [-0.05, 0) is 24.1 Å². The van der Waals surface area contributed by atoms with E-state index in [1.54, 1.807) is 6.20 Å². The van der Waals surface area contributed by atoms with E-state index in [0.717, 1.165) is 27.9 Å². The van der Waals surface area contributed by atoms with Gasteiger partial charge in [0.05, 0.1) is 34.2 Å². The first kappa shape index (κ1) is 16.5. The monoisotopic (exact) mass is 362 g/mol. The van der Waals surface area contributed by atoms with Crippen LogP contribution >= 0.6 is 11.3 Å². The highest BCUT2D eigenvalue weighted by atomic mass is 32.1. The van der Waals surface area contributed by atoms with E-state index in [9.17, 15) is 4.79 Å². The molecule has 2 aromatic carbocycles. The predicted octanol–water partition coefficient (Wildman–Crippen LogP) is 4.36. The predicted molar refractivity (Wildman–Crippen MR) is 105 cm³/mol. The lowest BCUT2D eigenvalue weighted by molar-refractivity contribution is 0.102. The number of fused-ring (bicyclic) bond motifs is 1. The van der Waals surface area contributed by atoms with Crippen molar-refractivity contribution in [3.05, 3.63) is 77.6 Å². The number of thiazole rings is 1. The molecule has 5 nitrogen and oxygen atoms in total. The molecule has 4 rings (SSSR count).